The van der Waals surface area contributed by atoms with Gasteiger partial charge >= 0.3 is 0 Å². The van der Waals surface area contributed by atoms with E-state index in [0.29, 0.717) is 0 Å². The third-order valence-corrected chi connectivity index (χ3v) is 13.7. The highest BCUT2D eigenvalue weighted by Gasteiger charge is 2.51. The second-order valence-electron chi connectivity index (χ2n) is 17.8. The molecule has 0 saturated carbocycles. The Morgan fingerprint density at radius 2 is 0.577 bits per heavy atom. The van der Waals surface area contributed by atoms with Crippen molar-refractivity contribution >= 4 is 34.1 Å². The molecule has 0 spiro atoms. The first-order valence-corrected chi connectivity index (χ1v) is 18.7. The summed E-state index contributed by atoms with van der Waals surface area (Å²) in [6.07, 6.45) is 0. The lowest BCUT2D eigenvalue weighted by Gasteiger charge is -2.52. The number of hydrogen-bond acceptors (Lipinski definition) is 4. The zero-order valence-corrected chi connectivity index (χ0v) is 30.9. The maximum absolute atomic E-state index is 6.67. The van der Waals surface area contributed by atoms with E-state index in [1.165, 1.54) is 89.8 Å². The molecule has 0 aliphatic carbocycles. The second kappa shape index (κ2) is 8.58. The Bertz CT molecular complexity index is 2350. The molecule has 6 aromatic carbocycles. The molecule has 0 atom stereocenters. The van der Waals surface area contributed by atoms with Crippen LogP contribution in [0.5, 0.6) is 23.0 Å². The van der Waals surface area contributed by atoms with Crippen LogP contribution in [0.15, 0.2) is 97.1 Å². The van der Waals surface area contributed by atoms with Crippen molar-refractivity contribution in [1.82, 2.24) is 0 Å². The summed E-state index contributed by atoms with van der Waals surface area (Å²) in [5.41, 5.74) is 19.6. The largest absolute Gasteiger partial charge is 0.453 e. The number of hydrogen-bond donors (Lipinski definition) is 0. The Hall–Kier alpha value is -5.48. The number of benzene rings is 6. The Kier molecular flexibility index (Phi) is 4.81. The zero-order chi connectivity index (χ0) is 35.4. The molecular formula is C48H40N2O2. The van der Waals surface area contributed by atoms with Gasteiger partial charge in [0.05, 0.1) is 34.1 Å². The first kappa shape index (κ1) is 29.1. The van der Waals surface area contributed by atoms with E-state index >= 15 is 0 Å². The lowest BCUT2D eigenvalue weighted by molar-refractivity contribution is 0.464. The number of rotatable bonds is 1. The van der Waals surface area contributed by atoms with Crippen molar-refractivity contribution in [3.8, 4) is 34.1 Å². The maximum Gasteiger partial charge on any atom is 0.151 e. The fourth-order valence-corrected chi connectivity index (χ4v) is 10.8. The molecule has 0 bridgehead atoms. The molecule has 4 heteroatoms. The van der Waals surface area contributed by atoms with Gasteiger partial charge in [0, 0.05) is 21.7 Å². The molecule has 12 rings (SSSR count). The van der Waals surface area contributed by atoms with Gasteiger partial charge in [0.15, 0.2) is 23.0 Å². The maximum atomic E-state index is 6.67. The normalized spacial score (nSPS) is 19.2. The van der Waals surface area contributed by atoms with Gasteiger partial charge in [-0.05, 0) is 104 Å². The molecule has 0 unspecified atom stereocenters. The van der Waals surface area contributed by atoms with Crippen LogP contribution >= 0.6 is 0 Å². The van der Waals surface area contributed by atoms with Crippen molar-refractivity contribution in [3.05, 3.63) is 142 Å². The van der Waals surface area contributed by atoms with Crippen LogP contribution in [-0.4, -0.2) is 0 Å². The number of ether oxygens (including phenoxy) is 2. The van der Waals surface area contributed by atoms with Crippen molar-refractivity contribution in [1.29, 1.82) is 0 Å². The smallest absolute Gasteiger partial charge is 0.151 e. The molecule has 0 fully saturated rings. The van der Waals surface area contributed by atoms with Crippen molar-refractivity contribution < 1.29 is 9.47 Å². The molecule has 4 nitrogen and oxygen atoms in total. The SMILES string of the molecule is CC1(C)c2cccc3c2N2c4c(cccc4C(C)(C)c4cc(-c5cc6c7c(c5)C(C)(C)c5cccc8c5N7c5c(cccc5C6(C)C)O8)cc1c42)O3. The minimum Gasteiger partial charge on any atom is -0.453 e. The number of para-hydroxylation sites is 4. The molecule has 0 N–H and O–H groups in total. The summed E-state index contributed by atoms with van der Waals surface area (Å²) >= 11 is 0. The highest BCUT2D eigenvalue weighted by Crippen LogP contribution is 2.69. The van der Waals surface area contributed by atoms with Crippen molar-refractivity contribution in [2.75, 3.05) is 9.80 Å². The number of anilines is 6. The van der Waals surface area contributed by atoms with Gasteiger partial charge < -0.3 is 19.3 Å². The van der Waals surface area contributed by atoms with Crippen LogP contribution in [0.3, 0.4) is 0 Å². The lowest BCUT2D eigenvalue weighted by Crippen LogP contribution is -2.40. The van der Waals surface area contributed by atoms with Gasteiger partial charge in [-0.3, -0.25) is 0 Å². The van der Waals surface area contributed by atoms with E-state index in [-0.39, 0.29) is 21.7 Å². The van der Waals surface area contributed by atoms with E-state index in [9.17, 15) is 0 Å². The minimum atomic E-state index is -0.245. The van der Waals surface area contributed by atoms with Gasteiger partial charge in [0.2, 0.25) is 0 Å². The molecule has 0 aromatic heterocycles. The minimum absolute atomic E-state index is 0.245. The summed E-state index contributed by atoms with van der Waals surface area (Å²) in [5.74, 6) is 3.74. The van der Waals surface area contributed by atoms with Gasteiger partial charge in [-0.25, -0.2) is 0 Å². The van der Waals surface area contributed by atoms with Crippen LogP contribution in [0.1, 0.15) is 99.9 Å². The van der Waals surface area contributed by atoms with Gasteiger partial charge in [0.25, 0.3) is 0 Å². The van der Waals surface area contributed by atoms with Gasteiger partial charge in [-0.1, -0.05) is 104 Å². The molecule has 6 aromatic rings. The summed E-state index contributed by atoms with van der Waals surface area (Å²) in [6.45, 7) is 19.2. The molecule has 0 saturated heterocycles. The predicted molar refractivity (Wildman–Crippen MR) is 210 cm³/mol. The van der Waals surface area contributed by atoms with Crippen molar-refractivity contribution in [2.45, 2.75) is 77.0 Å². The third kappa shape index (κ3) is 3.04. The summed E-state index contributed by atoms with van der Waals surface area (Å²) in [4.78, 5) is 5.07. The van der Waals surface area contributed by atoms with Crippen LogP contribution in [0.2, 0.25) is 0 Å². The highest BCUT2D eigenvalue weighted by molar-refractivity contribution is 6.02. The molecule has 0 amide bonds. The summed E-state index contributed by atoms with van der Waals surface area (Å²) < 4.78 is 13.3. The molecule has 6 aliphatic rings. The van der Waals surface area contributed by atoms with E-state index < -0.39 is 0 Å². The standard InChI is InChI=1S/C48H40N2O2/c1-45(2)27-13-9-17-35-41(27)49-39-31(45)21-25(22-32(39)46(3,4)28-14-10-18-36(51-35)42(28)49)26-23-33-40-34(24-26)48(7,8)30-16-12-20-38-44(30)50(40)43-29(47(33,5)6)15-11-19-37(43)52-38/h9-24H,1-8H3. The van der Waals surface area contributed by atoms with Gasteiger partial charge in [-0.15, -0.1) is 0 Å². The quantitative estimate of drug-likeness (QED) is 0.173. The van der Waals surface area contributed by atoms with E-state index in [1.807, 2.05) is 0 Å². The Balaban J connectivity index is 1.17. The van der Waals surface area contributed by atoms with Crippen LogP contribution in [0.4, 0.5) is 34.1 Å². The first-order valence-electron chi connectivity index (χ1n) is 18.7. The Morgan fingerprint density at radius 3 is 0.827 bits per heavy atom. The topological polar surface area (TPSA) is 24.9 Å². The fourth-order valence-electron chi connectivity index (χ4n) is 10.8. The van der Waals surface area contributed by atoms with Crippen LogP contribution in [-0.2, 0) is 21.7 Å². The van der Waals surface area contributed by atoms with Crippen molar-refractivity contribution in [2.24, 2.45) is 0 Å². The summed E-state index contributed by atoms with van der Waals surface area (Å²) in [7, 11) is 0. The summed E-state index contributed by atoms with van der Waals surface area (Å²) in [6, 6.07) is 36.4. The second-order valence-corrected chi connectivity index (χ2v) is 17.8. The van der Waals surface area contributed by atoms with Crippen LogP contribution in [0.25, 0.3) is 11.1 Å². The van der Waals surface area contributed by atoms with E-state index in [0.717, 1.165) is 23.0 Å². The lowest BCUT2D eigenvalue weighted by atomic mass is 9.64. The third-order valence-electron chi connectivity index (χ3n) is 13.7. The fraction of sp³-hybridized carbons (Fsp3) is 0.250. The number of nitrogens with zero attached hydrogens (tertiary/aromatic N) is 2. The average Bonchev–Trinajstić information content (AvgIpc) is 3.12. The molecule has 6 aliphatic heterocycles. The molecule has 254 valence electrons. The van der Waals surface area contributed by atoms with Gasteiger partial charge in [-0.2, -0.15) is 0 Å². The van der Waals surface area contributed by atoms with Crippen LogP contribution in [0, 0.1) is 0 Å². The predicted octanol–water partition coefficient (Wildman–Crippen LogP) is 13.1. The van der Waals surface area contributed by atoms with E-state index in [2.05, 4.69) is 162 Å². The Morgan fingerprint density at radius 1 is 0.327 bits per heavy atom. The molecule has 6 heterocycles. The van der Waals surface area contributed by atoms with Crippen molar-refractivity contribution in [3.63, 3.8) is 0 Å². The summed E-state index contributed by atoms with van der Waals surface area (Å²) in [5, 5.41) is 0. The van der Waals surface area contributed by atoms with E-state index in [1.54, 1.807) is 0 Å². The molecule has 0 radical (unpaired) electrons. The van der Waals surface area contributed by atoms with Gasteiger partial charge in [0.1, 0.15) is 0 Å². The first-order chi connectivity index (χ1) is 24.8. The molecule has 52 heavy (non-hydrogen) atoms. The average molecular weight is 677 g/mol. The zero-order valence-electron chi connectivity index (χ0n) is 30.9. The van der Waals surface area contributed by atoms with Crippen LogP contribution < -0.4 is 19.3 Å². The monoisotopic (exact) mass is 676 g/mol. The highest BCUT2D eigenvalue weighted by atomic mass is 16.5. The Labute approximate surface area is 305 Å². The molecular weight excluding hydrogens is 637 g/mol. The van der Waals surface area contributed by atoms with E-state index in [4.69, 9.17) is 9.47 Å².